The molecule has 14 heavy (non-hydrogen) atoms. The number of esters is 1. The molecule has 0 bridgehead atoms. The van der Waals surface area contributed by atoms with Gasteiger partial charge in [-0.25, -0.2) is 0 Å². The van der Waals surface area contributed by atoms with Crippen LogP contribution in [0.1, 0.15) is 46.5 Å². The Hall–Kier alpha value is -0.0500. The van der Waals surface area contributed by atoms with Gasteiger partial charge in [-0.05, 0) is 33.6 Å². The van der Waals surface area contributed by atoms with Crippen molar-refractivity contribution >= 4 is 21.9 Å². The summed E-state index contributed by atoms with van der Waals surface area (Å²) in [6, 6.07) is 0. The van der Waals surface area contributed by atoms with Gasteiger partial charge in [-0.3, -0.25) is 4.79 Å². The summed E-state index contributed by atoms with van der Waals surface area (Å²) in [5.41, 5.74) is -0.360. The Labute approximate surface area is 94.5 Å². The van der Waals surface area contributed by atoms with Crippen molar-refractivity contribution in [2.24, 2.45) is 5.92 Å². The molecule has 1 aliphatic carbocycles. The quantitative estimate of drug-likeness (QED) is 0.536. The van der Waals surface area contributed by atoms with Crippen LogP contribution in [0.2, 0.25) is 0 Å². The first-order valence-corrected chi connectivity index (χ1v) is 6.18. The summed E-state index contributed by atoms with van der Waals surface area (Å²) in [5.74, 6) is 0.0158. The largest absolute Gasteiger partial charge is 0.460 e. The lowest BCUT2D eigenvalue weighted by Crippen LogP contribution is -2.34. The average molecular weight is 263 g/mol. The number of carbonyl (C=O) groups excluding carboxylic acids is 1. The van der Waals surface area contributed by atoms with Gasteiger partial charge in [0.2, 0.25) is 0 Å². The molecule has 1 aliphatic rings. The fourth-order valence-corrected chi connectivity index (χ4v) is 2.53. The molecule has 0 aromatic carbocycles. The fraction of sp³-hybridized carbons (Fsp3) is 0.909. The van der Waals surface area contributed by atoms with Crippen molar-refractivity contribution in [2.45, 2.75) is 56.9 Å². The molecule has 82 valence electrons. The molecule has 1 saturated carbocycles. The molecular weight excluding hydrogens is 244 g/mol. The molecular formula is C11H19BrO2. The number of halogens is 1. The molecule has 0 aliphatic heterocycles. The molecule has 3 heteroatoms. The molecule has 1 rings (SSSR count). The summed E-state index contributed by atoms with van der Waals surface area (Å²) in [6.45, 7) is 5.74. The van der Waals surface area contributed by atoms with E-state index in [1.54, 1.807) is 0 Å². The van der Waals surface area contributed by atoms with E-state index < -0.39 is 0 Å². The monoisotopic (exact) mass is 262 g/mol. The van der Waals surface area contributed by atoms with Crippen molar-refractivity contribution < 1.29 is 9.53 Å². The van der Waals surface area contributed by atoms with Crippen molar-refractivity contribution in [3.05, 3.63) is 0 Å². The van der Waals surface area contributed by atoms with Crippen LogP contribution in [0.3, 0.4) is 0 Å². The summed E-state index contributed by atoms with van der Waals surface area (Å²) >= 11 is 3.56. The zero-order valence-electron chi connectivity index (χ0n) is 9.18. The molecule has 2 unspecified atom stereocenters. The lowest BCUT2D eigenvalue weighted by Gasteiger charge is -2.29. The van der Waals surface area contributed by atoms with E-state index in [4.69, 9.17) is 4.74 Å². The van der Waals surface area contributed by atoms with Gasteiger partial charge in [-0.2, -0.15) is 0 Å². The Morgan fingerprint density at radius 2 is 1.86 bits per heavy atom. The maximum Gasteiger partial charge on any atom is 0.310 e. The smallest absolute Gasteiger partial charge is 0.310 e. The van der Waals surface area contributed by atoms with Crippen molar-refractivity contribution in [3.63, 3.8) is 0 Å². The molecule has 0 amide bonds. The van der Waals surface area contributed by atoms with E-state index in [1.807, 2.05) is 20.8 Å². The minimum absolute atomic E-state index is 0.0425. The van der Waals surface area contributed by atoms with E-state index in [0.29, 0.717) is 4.83 Å². The van der Waals surface area contributed by atoms with E-state index in [0.717, 1.165) is 19.3 Å². The molecule has 1 fully saturated rings. The lowest BCUT2D eigenvalue weighted by atomic mass is 9.89. The van der Waals surface area contributed by atoms with Crippen LogP contribution in [0.15, 0.2) is 0 Å². The number of alkyl halides is 1. The highest BCUT2D eigenvalue weighted by atomic mass is 79.9. The molecule has 0 aromatic heterocycles. The van der Waals surface area contributed by atoms with Crippen molar-refractivity contribution in [1.29, 1.82) is 0 Å². The summed E-state index contributed by atoms with van der Waals surface area (Å²) in [4.78, 5) is 12.1. The fourth-order valence-electron chi connectivity index (χ4n) is 1.73. The molecule has 0 aromatic rings. The maximum atomic E-state index is 11.8. The van der Waals surface area contributed by atoms with Gasteiger partial charge >= 0.3 is 5.97 Å². The number of hydrogen-bond acceptors (Lipinski definition) is 2. The lowest BCUT2D eigenvalue weighted by molar-refractivity contribution is -0.160. The van der Waals surface area contributed by atoms with Crippen LogP contribution < -0.4 is 0 Å². The van der Waals surface area contributed by atoms with E-state index in [1.165, 1.54) is 6.42 Å². The highest BCUT2D eigenvalue weighted by Gasteiger charge is 2.32. The minimum Gasteiger partial charge on any atom is -0.460 e. The van der Waals surface area contributed by atoms with Gasteiger partial charge in [0, 0.05) is 4.83 Å². The first-order valence-electron chi connectivity index (χ1n) is 5.27. The third-order valence-electron chi connectivity index (χ3n) is 2.39. The third kappa shape index (κ3) is 3.60. The second-order valence-electron chi connectivity index (χ2n) is 4.94. The molecule has 0 heterocycles. The summed E-state index contributed by atoms with van der Waals surface area (Å²) in [5, 5.41) is 0. The first-order chi connectivity index (χ1) is 6.40. The molecule has 2 atom stereocenters. The van der Waals surface area contributed by atoms with Crippen LogP contribution in [0.25, 0.3) is 0 Å². The zero-order valence-corrected chi connectivity index (χ0v) is 10.8. The number of rotatable bonds is 1. The second kappa shape index (κ2) is 4.65. The minimum atomic E-state index is -0.360. The Morgan fingerprint density at radius 1 is 1.29 bits per heavy atom. The summed E-state index contributed by atoms with van der Waals surface area (Å²) in [7, 11) is 0. The van der Waals surface area contributed by atoms with Gasteiger partial charge in [0.1, 0.15) is 5.60 Å². The Balaban J connectivity index is 2.50. The highest BCUT2D eigenvalue weighted by Crippen LogP contribution is 2.31. The van der Waals surface area contributed by atoms with Crippen LogP contribution >= 0.6 is 15.9 Å². The predicted molar refractivity (Wildman–Crippen MR) is 60.5 cm³/mol. The topological polar surface area (TPSA) is 26.3 Å². The van der Waals surface area contributed by atoms with Gasteiger partial charge in [0.15, 0.2) is 0 Å². The number of carbonyl (C=O) groups is 1. The van der Waals surface area contributed by atoms with E-state index in [-0.39, 0.29) is 17.5 Å². The SMILES string of the molecule is CC(C)(C)OC(=O)C1CCCCC1Br. The molecule has 0 spiro atoms. The Kier molecular flexibility index (Phi) is 3.99. The van der Waals surface area contributed by atoms with Crippen molar-refractivity contribution in [2.75, 3.05) is 0 Å². The van der Waals surface area contributed by atoms with Crippen LogP contribution in [0.4, 0.5) is 0 Å². The van der Waals surface area contributed by atoms with E-state index in [9.17, 15) is 4.79 Å². The third-order valence-corrected chi connectivity index (χ3v) is 3.49. The van der Waals surface area contributed by atoms with Gasteiger partial charge in [0.05, 0.1) is 5.92 Å². The summed E-state index contributed by atoms with van der Waals surface area (Å²) in [6.07, 6.45) is 4.41. The standard InChI is InChI=1S/C11H19BrO2/c1-11(2,3)14-10(13)8-6-4-5-7-9(8)12/h8-9H,4-7H2,1-3H3. The molecule has 0 radical (unpaired) electrons. The van der Waals surface area contributed by atoms with Crippen molar-refractivity contribution in [1.82, 2.24) is 0 Å². The Bertz CT molecular complexity index is 208. The second-order valence-corrected chi connectivity index (χ2v) is 6.12. The zero-order chi connectivity index (χ0) is 10.8. The summed E-state index contributed by atoms with van der Waals surface area (Å²) < 4.78 is 5.38. The average Bonchev–Trinajstić information content (AvgIpc) is 2.01. The van der Waals surface area contributed by atoms with Crippen LogP contribution in [0.5, 0.6) is 0 Å². The normalized spacial score (nSPS) is 28.6. The van der Waals surface area contributed by atoms with Crippen molar-refractivity contribution in [3.8, 4) is 0 Å². The van der Waals surface area contributed by atoms with Crippen LogP contribution in [-0.2, 0) is 9.53 Å². The first kappa shape index (κ1) is 12.0. The van der Waals surface area contributed by atoms with Gasteiger partial charge in [-0.1, -0.05) is 28.8 Å². The number of ether oxygens (including phenoxy) is 1. The van der Waals surface area contributed by atoms with E-state index >= 15 is 0 Å². The maximum absolute atomic E-state index is 11.8. The van der Waals surface area contributed by atoms with E-state index in [2.05, 4.69) is 15.9 Å². The Morgan fingerprint density at radius 3 is 2.36 bits per heavy atom. The number of hydrogen-bond donors (Lipinski definition) is 0. The molecule has 2 nitrogen and oxygen atoms in total. The predicted octanol–water partition coefficient (Wildman–Crippen LogP) is 3.28. The van der Waals surface area contributed by atoms with Gasteiger partial charge in [0.25, 0.3) is 0 Å². The molecule has 0 saturated heterocycles. The molecule has 0 N–H and O–H groups in total. The van der Waals surface area contributed by atoms with Crippen LogP contribution in [-0.4, -0.2) is 16.4 Å². The van der Waals surface area contributed by atoms with Crippen LogP contribution in [0, 0.1) is 5.92 Å². The van der Waals surface area contributed by atoms with Gasteiger partial charge < -0.3 is 4.74 Å². The van der Waals surface area contributed by atoms with Gasteiger partial charge in [-0.15, -0.1) is 0 Å². The highest BCUT2D eigenvalue weighted by molar-refractivity contribution is 9.09.